The van der Waals surface area contributed by atoms with Crippen molar-refractivity contribution in [1.82, 2.24) is 10.3 Å². The summed E-state index contributed by atoms with van der Waals surface area (Å²) in [6.07, 6.45) is -1.67. The van der Waals surface area contributed by atoms with Crippen LogP contribution in [-0.2, 0) is 4.74 Å². The molecule has 2 unspecified atom stereocenters. The minimum absolute atomic E-state index is 0.00901. The molecule has 6 nitrogen and oxygen atoms in total. The molecule has 25 heavy (non-hydrogen) atoms. The minimum Gasteiger partial charge on any atom is -0.444 e. The molecule has 0 bridgehead atoms. The van der Waals surface area contributed by atoms with Gasteiger partial charge in [0, 0.05) is 29.8 Å². The van der Waals surface area contributed by atoms with Crippen LogP contribution in [0.15, 0.2) is 30.5 Å². The lowest BCUT2D eigenvalue weighted by Crippen LogP contribution is -2.34. The first kappa shape index (κ1) is 19.1. The SMILES string of the molecule is CC(C)(C)OC(=O)NCCC(O)C(O)c1cc2cccnc2cc1F. The molecule has 0 saturated carbocycles. The molecular formula is C18H23FN2O4. The highest BCUT2D eigenvalue weighted by Gasteiger charge is 2.23. The summed E-state index contributed by atoms with van der Waals surface area (Å²) in [6, 6.07) is 6.14. The second-order valence-corrected chi connectivity index (χ2v) is 6.80. The molecule has 7 heteroatoms. The smallest absolute Gasteiger partial charge is 0.407 e. The van der Waals surface area contributed by atoms with Crippen molar-refractivity contribution in [1.29, 1.82) is 0 Å². The van der Waals surface area contributed by atoms with Gasteiger partial charge in [-0.25, -0.2) is 9.18 Å². The van der Waals surface area contributed by atoms with Gasteiger partial charge in [0.05, 0.1) is 11.6 Å². The van der Waals surface area contributed by atoms with E-state index in [1.165, 1.54) is 12.1 Å². The third-order valence-electron chi connectivity index (χ3n) is 3.51. The molecule has 0 saturated heterocycles. The van der Waals surface area contributed by atoms with E-state index in [9.17, 15) is 19.4 Å². The number of aliphatic hydroxyl groups is 2. The second-order valence-electron chi connectivity index (χ2n) is 6.80. The van der Waals surface area contributed by atoms with Gasteiger partial charge in [-0.05, 0) is 39.3 Å². The van der Waals surface area contributed by atoms with E-state index in [4.69, 9.17) is 4.74 Å². The lowest BCUT2D eigenvalue weighted by atomic mass is 9.99. The number of halogens is 1. The van der Waals surface area contributed by atoms with Gasteiger partial charge >= 0.3 is 6.09 Å². The topological polar surface area (TPSA) is 91.7 Å². The highest BCUT2D eigenvalue weighted by Crippen LogP contribution is 2.25. The normalized spacial score (nSPS) is 14.2. The van der Waals surface area contributed by atoms with E-state index in [0.29, 0.717) is 10.9 Å². The number of pyridine rings is 1. The summed E-state index contributed by atoms with van der Waals surface area (Å²) in [4.78, 5) is 15.6. The van der Waals surface area contributed by atoms with Crippen molar-refractivity contribution >= 4 is 17.0 Å². The summed E-state index contributed by atoms with van der Waals surface area (Å²) in [7, 11) is 0. The van der Waals surface area contributed by atoms with Gasteiger partial charge in [0.2, 0.25) is 0 Å². The van der Waals surface area contributed by atoms with Crippen molar-refractivity contribution in [3.63, 3.8) is 0 Å². The zero-order valence-corrected chi connectivity index (χ0v) is 14.5. The zero-order chi connectivity index (χ0) is 18.6. The first-order valence-electron chi connectivity index (χ1n) is 8.04. The minimum atomic E-state index is -1.41. The number of alkyl carbamates (subject to hydrolysis) is 1. The lowest BCUT2D eigenvalue weighted by molar-refractivity contribution is 0.0104. The Bertz CT molecular complexity index is 745. The van der Waals surface area contributed by atoms with Crippen LogP contribution in [0.25, 0.3) is 10.9 Å². The summed E-state index contributed by atoms with van der Waals surface area (Å²) in [5.74, 6) is -0.641. The Kier molecular flexibility index (Phi) is 5.92. The number of hydrogen-bond donors (Lipinski definition) is 3. The number of carbonyl (C=O) groups is 1. The van der Waals surface area contributed by atoms with Crippen LogP contribution in [0.3, 0.4) is 0 Å². The number of ether oxygens (including phenoxy) is 1. The quantitative estimate of drug-likeness (QED) is 0.771. The zero-order valence-electron chi connectivity index (χ0n) is 14.5. The molecule has 0 radical (unpaired) electrons. The summed E-state index contributed by atoms with van der Waals surface area (Å²) >= 11 is 0. The van der Waals surface area contributed by atoms with Crippen molar-refractivity contribution in [3.05, 3.63) is 41.8 Å². The molecule has 2 aromatic rings. The summed E-state index contributed by atoms with van der Waals surface area (Å²) in [5, 5.41) is 23.5. The van der Waals surface area contributed by atoms with Crippen LogP contribution in [0.5, 0.6) is 0 Å². The molecule has 1 heterocycles. The molecule has 0 spiro atoms. The second kappa shape index (κ2) is 7.76. The standard InChI is InChI=1S/C18H23FN2O4/c1-18(2,3)25-17(24)21-8-6-15(22)16(23)12-9-11-5-4-7-20-14(11)10-13(12)19/h4-5,7,9-10,15-16,22-23H,6,8H2,1-3H3,(H,21,24). The summed E-state index contributed by atoms with van der Waals surface area (Å²) in [5.41, 5.74) is -0.160. The third-order valence-corrected chi connectivity index (χ3v) is 3.51. The van der Waals surface area contributed by atoms with Crippen LogP contribution in [0.4, 0.5) is 9.18 Å². The van der Waals surface area contributed by atoms with Crippen molar-refractivity contribution in [2.75, 3.05) is 6.54 Å². The van der Waals surface area contributed by atoms with Gasteiger partial charge in [0.1, 0.15) is 17.5 Å². The Morgan fingerprint density at radius 2 is 2.08 bits per heavy atom. The molecule has 0 fully saturated rings. The third kappa shape index (κ3) is 5.37. The Balaban J connectivity index is 1.97. The van der Waals surface area contributed by atoms with E-state index in [1.807, 2.05) is 0 Å². The summed E-state index contributed by atoms with van der Waals surface area (Å²) in [6.45, 7) is 5.30. The molecular weight excluding hydrogens is 327 g/mol. The number of aliphatic hydroxyl groups excluding tert-OH is 2. The predicted molar refractivity (Wildman–Crippen MR) is 91.5 cm³/mol. The number of benzene rings is 1. The Morgan fingerprint density at radius 3 is 2.76 bits per heavy atom. The van der Waals surface area contributed by atoms with E-state index in [0.717, 1.165) is 0 Å². The Hall–Kier alpha value is -2.25. The van der Waals surface area contributed by atoms with Crippen LogP contribution in [0, 0.1) is 5.82 Å². The van der Waals surface area contributed by atoms with E-state index in [2.05, 4.69) is 10.3 Å². The molecule has 1 aromatic heterocycles. The summed E-state index contributed by atoms with van der Waals surface area (Å²) < 4.78 is 19.2. The highest BCUT2D eigenvalue weighted by molar-refractivity contribution is 5.79. The van der Waals surface area contributed by atoms with E-state index < -0.39 is 29.7 Å². The van der Waals surface area contributed by atoms with Gasteiger partial charge < -0.3 is 20.3 Å². The molecule has 0 aliphatic heterocycles. The molecule has 1 aromatic carbocycles. The number of aromatic nitrogens is 1. The maximum Gasteiger partial charge on any atom is 0.407 e. The van der Waals surface area contributed by atoms with Crippen LogP contribution < -0.4 is 5.32 Å². The van der Waals surface area contributed by atoms with Crippen LogP contribution in [0.1, 0.15) is 38.9 Å². The Morgan fingerprint density at radius 1 is 1.36 bits per heavy atom. The van der Waals surface area contributed by atoms with Gasteiger partial charge in [0.15, 0.2) is 0 Å². The molecule has 0 aliphatic rings. The van der Waals surface area contributed by atoms with Crippen molar-refractivity contribution in [2.45, 2.75) is 45.0 Å². The molecule has 0 aliphatic carbocycles. The van der Waals surface area contributed by atoms with Crippen molar-refractivity contribution < 1.29 is 24.1 Å². The fourth-order valence-corrected chi connectivity index (χ4v) is 2.34. The van der Waals surface area contributed by atoms with Crippen molar-refractivity contribution in [2.24, 2.45) is 0 Å². The number of nitrogens with one attached hydrogen (secondary N) is 1. The highest BCUT2D eigenvalue weighted by atomic mass is 19.1. The number of rotatable bonds is 5. The van der Waals surface area contributed by atoms with Crippen molar-refractivity contribution in [3.8, 4) is 0 Å². The number of fused-ring (bicyclic) bond motifs is 1. The monoisotopic (exact) mass is 350 g/mol. The molecule has 2 atom stereocenters. The van der Waals surface area contributed by atoms with Gasteiger partial charge in [0.25, 0.3) is 0 Å². The van der Waals surface area contributed by atoms with E-state index in [-0.39, 0.29) is 18.5 Å². The van der Waals surface area contributed by atoms with E-state index in [1.54, 1.807) is 39.1 Å². The van der Waals surface area contributed by atoms with Gasteiger partial charge in [-0.2, -0.15) is 0 Å². The average Bonchev–Trinajstić information content (AvgIpc) is 2.51. The lowest BCUT2D eigenvalue weighted by Gasteiger charge is -2.21. The maximum atomic E-state index is 14.2. The van der Waals surface area contributed by atoms with Gasteiger partial charge in [-0.15, -0.1) is 0 Å². The van der Waals surface area contributed by atoms with Crippen LogP contribution >= 0.6 is 0 Å². The Labute approximate surface area is 145 Å². The number of carbonyl (C=O) groups excluding carboxylic acids is 1. The molecule has 136 valence electrons. The molecule has 1 amide bonds. The van der Waals surface area contributed by atoms with E-state index >= 15 is 0 Å². The van der Waals surface area contributed by atoms with Gasteiger partial charge in [-0.3, -0.25) is 4.98 Å². The number of hydrogen-bond acceptors (Lipinski definition) is 5. The van der Waals surface area contributed by atoms with Crippen LogP contribution in [0.2, 0.25) is 0 Å². The largest absolute Gasteiger partial charge is 0.444 e. The number of amides is 1. The van der Waals surface area contributed by atoms with Gasteiger partial charge in [-0.1, -0.05) is 6.07 Å². The first-order chi connectivity index (χ1) is 11.7. The molecule has 3 N–H and O–H groups in total. The van der Waals surface area contributed by atoms with Crippen LogP contribution in [-0.4, -0.2) is 39.5 Å². The average molecular weight is 350 g/mol. The first-order valence-corrected chi connectivity index (χ1v) is 8.04. The molecule has 2 rings (SSSR count). The fraction of sp³-hybridized carbons (Fsp3) is 0.444. The predicted octanol–water partition coefficient (Wildman–Crippen LogP) is 2.68. The fourth-order valence-electron chi connectivity index (χ4n) is 2.34. The maximum absolute atomic E-state index is 14.2. The number of nitrogens with zero attached hydrogens (tertiary/aromatic N) is 1.